The Morgan fingerprint density at radius 1 is 0.630 bits per heavy atom. The molecule has 0 amide bonds. The van der Waals surface area contributed by atoms with Crippen LogP contribution in [0.3, 0.4) is 0 Å². The van der Waals surface area contributed by atoms with E-state index >= 15 is 0 Å². The molecule has 5 rings (SSSR count). The first-order valence-electron chi connectivity index (χ1n) is 15.1. The first-order valence-corrected chi connectivity index (χ1v) is 16.5. The van der Waals surface area contributed by atoms with E-state index in [0.29, 0.717) is 0 Å². The Morgan fingerprint density at radius 2 is 1.09 bits per heavy atom. The quantitative estimate of drug-likeness (QED) is 0.0788. The standard InChI is InChI=1S/C21H17F4NO5S.C14H11F4NO3/c1-13-6-9-15(10-7-13)32(27,28)31-20(21(23,24)25)14-8-11-16(17(12-14)29-2)30-19-5-3-4-18(22)26-19;1-21-10-7-8(13(20)14(16,17)18)5-6-9(10)22-12-4-2-3-11(15)19-12/h3-12,20H,1-2H3;2-7,13,20H,1H3. The number of methoxy groups -OCH3 is 2. The lowest BCUT2D eigenvalue weighted by Crippen LogP contribution is -2.26. The number of alkyl halides is 6. The van der Waals surface area contributed by atoms with Gasteiger partial charge in [0.2, 0.25) is 23.7 Å². The minimum atomic E-state index is -5.06. The second-order valence-corrected chi connectivity index (χ2v) is 12.4. The van der Waals surface area contributed by atoms with Crippen LogP contribution in [-0.2, 0) is 14.3 Å². The minimum Gasteiger partial charge on any atom is -0.493 e. The third kappa shape index (κ3) is 11.0. The summed E-state index contributed by atoms with van der Waals surface area (Å²) >= 11 is 0. The summed E-state index contributed by atoms with van der Waals surface area (Å²) in [5, 5.41) is 9.21. The largest absolute Gasteiger partial charge is 0.493 e. The van der Waals surface area contributed by atoms with Gasteiger partial charge in [-0.3, -0.25) is 0 Å². The van der Waals surface area contributed by atoms with E-state index in [1.165, 1.54) is 56.7 Å². The maximum absolute atomic E-state index is 13.7. The van der Waals surface area contributed by atoms with E-state index in [9.17, 15) is 48.6 Å². The van der Waals surface area contributed by atoms with Crippen LogP contribution >= 0.6 is 0 Å². The molecule has 2 atom stereocenters. The average molecular weight is 789 g/mol. The smallest absolute Gasteiger partial charge is 0.420 e. The third-order valence-electron chi connectivity index (χ3n) is 6.94. The number of nitrogens with zero attached hydrogens (tertiary/aromatic N) is 2. The second-order valence-electron chi connectivity index (χ2n) is 10.9. The van der Waals surface area contributed by atoms with Gasteiger partial charge in [-0.1, -0.05) is 42.0 Å². The zero-order chi connectivity index (χ0) is 39.8. The predicted octanol–water partition coefficient (Wildman–Crippen LogP) is 8.96. The highest BCUT2D eigenvalue weighted by atomic mass is 32.2. The summed E-state index contributed by atoms with van der Waals surface area (Å²) in [7, 11) is -2.33. The lowest BCUT2D eigenvalue weighted by Gasteiger charge is -2.22. The van der Waals surface area contributed by atoms with Gasteiger partial charge in [-0.05, 0) is 66.6 Å². The molecular formula is C35H28F8N2O8S. The van der Waals surface area contributed by atoms with Crippen LogP contribution in [0.1, 0.15) is 28.9 Å². The van der Waals surface area contributed by atoms with Crippen LogP contribution in [0, 0.1) is 18.8 Å². The van der Waals surface area contributed by atoms with Gasteiger partial charge in [-0.2, -0.15) is 53.5 Å². The molecule has 0 spiro atoms. The van der Waals surface area contributed by atoms with Gasteiger partial charge in [-0.15, -0.1) is 0 Å². The van der Waals surface area contributed by atoms with Crippen molar-refractivity contribution in [1.82, 2.24) is 9.97 Å². The van der Waals surface area contributed by atoms with Crippen molar-refractivity contribution in [3.63, 3.8) is 0 Å². The van der Waals surface area contributed by atoms with Gasteiger partial charge >= 0.3 is 12.4 Å². The number of hydrogen-bond acceptors (Lipinski definition) is 10. The normalized spacial score (nSPS) is 12.9. The fourth-order valence-electron chi connectivity index (χ4n) is 4.36. The lowest BCUT2D eigenvalue weighted by molar-refractivity contribution is -0.206. The average Bonchev–Trinajstić information content (AvgIpc) is 3.10. The molecule has 5 aromatic rings. The first kappa shape index (κ1) is 41.2. The van der Waals surface area contributed by atoms with Gasteiger partial charge in [0.1, 0.15) is 0 Å². The Morgan fingerprint density at radius 3 is 1.52 bits per heavy atom. The van der Waals surface area contributed by atoms with E-state index in [4.69, 9.17) is 18.9 Å². The molecule has 10 nitrogen and oxygen atoms in total. The van der Waals surface area contributed by atoms with Crippen molar-refractivity contribution >= 4 is 10.1 Å². The highest BCUT2D eigenvalue weighted by Gasteiger charge is 2.45. The molecule has 0 aliphatic rings. The molecule has 0 saturated carbocycles. The Kier molecular flexibility index (Phi) is 13.0. The van der Waals surface area contributed by atoms with E-state index in [2.05, 4.69) is 14.2 Å². The van der Waals surface area contributed by atoms with E-state index in [1.807, 2.05) is 0 Å². The van der Waals surface area contributed by atoms with Crippen LogP contribution in [-0.4, -0.2) is 50.1 Å². The van der Waals surface area contributed by atoms with Crippen molar-refractivity contribution in [2.75, 3.05) is 14.2 Å². The van der Waals surface area contributed by atoms with E-state index in [1.54, 1.807) is 6.92 Å². The number of rotatable bonds is 11. The summed E-state index contributed by atoms with van der Waals surface area (Å²) in [6.45, 7) is 1.70. The van der Waals surface area contributed by atoms with Crippen molar-refractivity contribution < 1.29 is 71.8 Å². The summed E-state index contributed by atoms with van der Waals surface area (Å²) < 4.78 is 155. The molecular weight excluding hydrogens is 760 g/mol. The number of hydrogen-bond donors (Lipinski definition) is 1. The summed E-state index contributed by atoms with van der Waals surface area (Å²) in [4.78, 5) is 6.55. The van der Waals surface area contributed by atoms with E-state index in [-0.39, 0.29) is 34.8 Å². The number of aromatic nitrogens is 2. The van der Waals surface area contributed by atoms with Crippen LogP contribution in [0.25, 0.3) is 0 Å². The molecule has 0 bridgehead atoms. The van der Waals surface area contributed by atoms with Gasteiger partial charge in [-0.25, -0.2) is 4.18 Å². The van der Waals surface area contributed by atoms with Crippen molar-refractivity contribution in [1.29, 1.82) is 0 Å². The van der Waals surface area contributed by atoms with E-state index < -0.39 is 62.6 Å². The fourth-order valence-corrected chi connectivity index (χ4v) is 5.42. The fraction of sp³-hybridized carbons (Fsp3) is 0.200. The third-order valence-corrected chi connectivity index (χ3v) is 8.24. The van der Waals surface area contributed by atoms with Crippen molar-refractivity contribution in [2.45, 2.75) is 36.4 Å². The maximum Gasteiger partial charge on any atom is 0.420 e. The number of aliphatic hydroxyl groups is 1. The molecule has 2 heterocycles. The molecule has 288 valence electrons. The Labute approximate surface area is 302 Å². The summed E-state index contributed by atoms with van der Waals surface area (Å²) in [5.74, 6) is -2.05. The molecule has 0 aliphatic carbocycles. The number of ether oxygens (including phenoxy) is 4. The second kappa shape index (κ2) is 17.1. The zero-order valence-electron chi connectivity index (χ0n) is 28.0. The SMILES string of the molecule is COc1cc(C(O)C(F)(F)F)ccc1Oc1cccc(F)n1.COc1cc(C(OS(=O)(=O)c2ccc(C)cc2)C(F)(F)F)ccc1Oc1cccc(F)n1. The molecule has 0 fully saturated rings. The summed E-state index contributed by atoms with van der Waals surface area (Å²) in [6, 6.07) is 19.0. The highest BCUT2D eigenvalue weighted by molar-refractivity contribution is 7.86. The van der Waals surface area contributed by atoms with Gasteiger partial charge in [0.25, 0.3) is 10.1 Å². The molecule has 0 radical (unpaired) electrons. The topological polar surface area (TPSA) is 126 Å². The first-order chi connectivity index (χ1) is 25.3. The van der Waals surface area contributed by atoms with Crippen LogP contribution in [0.2, 0.25) is 0 Å². The van der Waals surface area contributed by atoms with Crippen molar-refractivity contribution in [3.05, 3.63) is 126 Å². The summed E-state index contributed by atoms with van der Waals surface area (Å²) in [5.41, 5.74) is -0.210. The molecule has 19 heteroatoms. The molecule has 0 saturated heterocycles. The number of aryl methyl sites for hydroxylation is 1. The zero-order valence-corrected chi connectivity index (χ0v) is 28.8. The Bertz CT molecular complexity index is 2150. The lowest BCUT2D eigenvalue weighted by atomic mass is 10.1. The predicted molar refractivity (Wildman–Crippen MR) is 174 cm³/mol. The molecule has 2 aromatic heterocycles. The van der Waals surface area contributed by atoms with Crippen LogP contribution < -0.4 is 18.9 Å². The Balaban J connectivity index is 0.000000258. The van der Waals surface area contributed by atoms with Crippen LogP contribution in [0.15, 0.2) is 102 Å². The summed E-state index contributed by atoms with van der Waals surface area (Å²) in [6.07, 6.45) is -15.3. The minimum absolute atomic E-state index is 0.0405. The molecule has 3 aromatic carbocycles. The molecule has 0 aliphatic heterocycles. The number of benzene rings is 3. The molecule has 1 N–H and O–H groups in total. The monoisotopic (exact) mass is 788 g/mol. The Hall–Kier alpha value is -5.53. The maximum atomic E-state index is 13.7. The number of aliphatic hydroxyl groups excluding tert-OH is 1. The van der Waals surface area contributed by atoms with Gasteiger partial charge in [0, 0.05) is 12.1 Å². The molecule has 54 heavy (non-hydrogen) atoms. The van der Waals surface area contributed by atoms with Crippen molar-refractivity contribution in [2.24, 2.45) is 0 Å². The number of pyridine rings is 2. The highest BCUT2D eigenvalue weighted by Crippen LogP contribution is 2.42. The van der Waals surface area contributed by atoms with Gasteiger partial charge < -0.3 is 24.1 Å². The van der Waals surface area contributed by atoms with E-state index in [0.717, 1.165) is 60.2 Å². The van der Waals surface area contributed by atoms with Gasteiger partial charge in [0.15, 0.2) is 35.2 Å². The van der Waals surface area contributed by atoms with Crippen LogP contribution in [0.4, 0.5) is 35.1 Å². The van der Waals surface area contributed by atoms with Gasteiger partial charge in [0.05, 0.1) is 19.1 Å². The van der Waals surface area contributed by atoms with Crippen molar-refractivity contribution in [3.8, 4) is 34.8 Å². The number of halogens is 8. The molecule has 2 unspecified atom stereocenters. The van der Waals surface area contributed by atoms with Crippen LogP contribution in [0.5, 0.6) is 34.8 Å².